The number of halogens is 1. The topological polar surface area (TPSA) is 76.0 Å². The second-order valence-electron chi connectivity index (χ2n) is 7.68. The Balaban J connectivity index is 1.51. The van der Waals surface area contributed by atoms with Crippen molar-refractivity contribution >= 4 is 33.4 Å². The van der Waals surface area contributed by atoms with Crippen LogP contribution >= 0.6 is 15.9 Å². The van der Waals surface area contributed by atoms with Gasteiger partial charge in [0.2, 0.25) is 0 Å². The van der Waals surface area contributed by atoms with E-state index in [0.29, 0.717) is 16.8 Å². The third-order valence-corrected chi connectivity index (χ3v) is 6.39. The van der Waals surface area contributed by atoms with Crippen LogP contribution in [0.15, 0.2) is 46.9 Å². The fourth-order valence-electron chi connectivity index (χ4n) is 3.22. The number of rotatable bonds is 5. The van der Waals surface area contributed by atoms with Crippen molar-refractivity contribution in [3.8, 4) is 5.69 Å². The molecule has 3 aromatic rings. The lowest BCUT2D eigenvalue weighted by atomic mass is 10.1. The summed E-state index contributed by atoms with van der Waals surface area (Å²) in [5.41, 5.74) is 5.41. The van der Waals surface area contributed by atoms with E-state index in [9.17, 15) is 9.59 Å². The first-order valence-electron chi connectivity index (χ1n) is 9.88. The minimum atomic E-state index is -0.223. The number of nitrogens with one attached hydrogen (secondary N) is 2. The number of anilines is 1. The predicted molar refractivity (Wildman–Crippen MR) is 120 cm³/mol. The molecule has 0 aliphatic heterocycles. The van der Waals surface area contributed by atoms with Gasteiger partial charge in [-0.15, -0.1) is 0 Å². The first-order valence-corrected chi connectivity index (χ1v) is 10.7. The summed E-state index contributed by atoms with van der Waals surface area (Å²) in [4.78, 5) is 25.1. The van der Waals surface area contributed by atoms with Gasteiger partial charge in [0.25, 0.3) is 11.8 Å². The fourth-order valence-corrected chi connectivity index (χ4v) is 3.47. The van der Waals surface area contributed by atoms with Crippen LogP contribution < -0.4 is 10.6 Å². The Morgan fingerprint density at radius 1 is 1.00 bits per heavy atom. The zero-order valence-corrected chi connectivity index (χ0v) is 18.7. The monoisotopic (exact) mass is 466 g/mol. The number of hydrogen-bond acceptors (Lipinski definition) is 3. The number of carbonyl (C=O) groups is 2. The number of aryl methyl sites for hydroxylation is 2. The molecule has 0 atom stereocenters. The van der Waals surface area contributed by atoms with Gasteiger partial charge in [-0.1, -0.05) is 6.07 Å². The maximum atomic E-state index is 12.8. The van der Waals surface area contributed by atoms with Crippen LogP contribution in [-0.4, -0.2) is 27.6 Å². The Kier molecular flexibility index (Phi) is 5.47. The highest BCUT2D eigenvalue weighted by Crippen LogP contribution is 2.24. The van der Waals surface area contributed by atoms with E-state index in [1.807, 2.05) is 43.7 Å². The average molecular weight is 467 g/mol. The molecule has 0 saturated heterocycles. The van der Waals surface area contributed by atoms with E-state index in [2.05, 4.69) is 31.7 Å². The second-order valence-corrected chi connectivity index (χ2v) is 8.47. The number of hydrogen-bond donors (Lipinski definition) is 2. The molecular formula is C23H23BrN4O2. The molecule has 1 aliphatic rings. The van der Waals surface area contributed by atoms with Gasteiger partial charge in [0.15, 0.2) is 0 Å². The molecule has 0 bridgehead atoms. The third kappa shape index (κ3) is 4.16. The highest BCUT2D eigenvalue weighted by atomic mass is 79.9. The molecule has 6 nitrogen and oxygen atoms in total. The maximum absolute atomic E-state index is 12.8. The van der Waals surface area contributed by atoms with Crippen LogP contribution in [0, 0.1) is 20.8 Å². The van der Waals surface area contributed by atoms with Crippen LogP contribution in [0.25, 0.3) is 5.69 Å². The summed E-state index contributed by atoms with van der Waals surface area (Å²) in [6.07, 6.45) is 2.07. The Morgan fingerprint density at radius 3 is 2.27 bits per heavy atom. The molecule has 2 N–H and O–H groups in total. The Bertz CT molecular complexity index is 1130. The van der Waals surface area contributed by atoms with Gasteiger partial charge in [-0.3, -0.25) is 9.59 Å². The molecule has 4 rings (SSSR count). The van der Waals surface area contributed by atoms with Gasteiger partial charge in [0.1, 0.15) is 0 Å². The third-order valence-electron chi connectivity index (χ3n) is 5.24. The van der Waals surface area contributed by atoms with Crippen molar-refractivity contribution in [2.24, 2.45) is 0 Å². The summed E-state index contributed by atoms with van der Waals surface area (Å²) < 4.78 is 2.82. The molecule has 0 unspecified atom stereocenters. The second kappa shape index (κ2) is 8.07. The molecule has 1 aromatic heterocycles. The summed E-state index contributed by atoms with van der Waals surface area (Å²) >= 11 is 3.54. The molecule has 2 amide bonds. The van der Waals surface area contributed by atoms with Crippen LogP contribution in [0.4, 0.5) is 5.69 Å². The lowest BCUT2D eigenvalue weighted by Gasteiger charge is -2.11. The van der Waals surface area contributed by atoms with Gasteiger partial charge in [-0.2, -0.15) is 5.10 Å². The summed E-state index contributed by atoms with van der Waals surface area (Å²) in [6, 6.07) is 12.9. The molecule has 7 heteroatoms. The van der Waals surface area contributed by atoms with E-state index in [1.54, 1.807) is 24.3 Å². The van der Waals surface area contributed by atoms with E-state index in [-0.39, 0.29) is 17.9 Å². The van der Waals surface area contributed by atoms with E-state index in [1.165, 1.54) is 0 Å². The molecule has 0 spiro atoms. The fraction of sp³-hybridized carbons (Fsp3) is 0.261. The molecule has 1 fully saturated rings. The van der Waals surface area contributed by atoms with Crippen molar-refractivity contribution in [2.75, 3.05) is 5.32 Å². The summed E-state index contributed by atoms with van der Waals surface area (Å²) in [5, 5.41) is 10.4. The van der Waals surface area contributed by atoms with E-state index in [4.69, 9.17) is 0 Å². The minimum absolute atomic E-state index is 0.103. The zero-order valence-electron chi connectivity index (χ0n) is 17.1. The zero-order chi connectivity index (χ0) is 21.4. The summed E-state index contributed by atoms with van der Waals surface area (Å²) in [6.45, 7) is 5.83. The molecule has 30 heavy (non-hydrogen) atoms. The minimum Gasteiger partial charge on any atom is -0.349 e. The Labute approximate surface area is 183 Å². The first kappa shape index (κ1) is 20.3. The SMILES string of the molecule is Cc1ccc(C(=O)NC2CC2)cc1NC(=O)c1ccc(-n2nc(C)c(Br)c2C)cc1. The normalized spacial score (nSPS) is 13.2. The highest BCUT2D eigenvalue weighted by Gasteiger charge is 2.24. The summed E-state index contributed by atoms with van der Waals surface area (Å²) in [5.74, 6) is -0.327. The smallest absolute Gasteiger partial charge is 0.255 e. The molecular weight excluding hydrogens is 444 g/mol. The van der Waals surface area contributed by atoms with Crippen LogP contribution in [0.2, 0.25) is 0 Å². The number of aromatic nitrogens is 2. The lowest BCUT2D eigenvalue weighted by Crippen LogP contribution is -2.25. The molecule has 1 aliphatic carbocycles. The van der Waals surface area contributed by atoms with Crippen LogP contribution in [0.5, 0.6) is 0 Å². The van der Waals surface area contributed by atoms with Crippen LogP contribution in [0.3, 0.4) is 0 Å². The predicted octanol–water partition coefficient (Wildman–Crippen LogP) is 4.70. The number of carbonyl (C=O) groups excluding carboxylic acids is 2. The van der Waals surface area contributed by atoms with Crippen molar-refractivity contribution in [3.05, 3.63) is 75.0 Å². The Hall–Kier alpha value is -2.93. The van der Waals surface area contributed by atoms with Crippen molar-refractivity contribution in [3.63, 3.8) is 0 Å². The average Bonchev–Trinajstić information content (AvgIpc) is 3.52. The first-order chi connectivity index (χ1) is 14.3. The molecule has 1 heterocycles. The standard InChI is InChI=1S/C23H23BrN4O2/c1-13-4-5-17(23(30)25-18-8-9-18)12-20(13)26-22(29)16-6-10-19(11-7-16)28-15(3)21(24)14(2)27-28/h4-7,10-12,18H,8-9H2,1-3H3,(H,25,30)(H,26,29). The largest absolute Gasteiger partial charge is 0.349 e. The quantitative estimate of drug-likeness (QED) is 0.571. The number of amides is 2. The van der Waals surface area contributed by atoms with Crippen molar-refractivity contribution in [2.45, 2.75) is 39.7 Å². The van der Waals surface area contributed by atoms with Crippen LogP contribution in [0.1, 0.15) is 50.5 Å². The van der Waals surface area contributed by atoms with Gasteiger partial charge in [0.05, 0.1) is 21.5 Å². The van der Waals surface area contributed by atoms with E-state index >= 15 is 0 Å². The van der Waals surface area contributed by atoms with Gasteiger partial charge < -0.3 is 10.6 Å². The highest BCUT2D eigenvalue weighted by molar-refractivity contribution is 9.10. The van der Waals surface area contributed by atoms with Gasteiger partial charge in [-0.05, 0) is 91.5 Å². The van der Waals surface area contributed by atoms with Gasteiger partial charge in [0, 0.05) is 22.9 Å². The lowest BCUT2D eigenvalue weighted by molar-refractivity contribution is 0.0949. The maximum Gasteiger partial charge on any atom is 0.255 e. The Morgan fingerprint density at radius 2 is 1.67 bits per heavy atom. The van der Waals surface area contributed by atoms with E-state index in [0.717, 1.165) is 40.0 Å². The van der Waals surface area contributed by atoms with Crippen molar-refractivity contribution < 1.29 is 9.59 Å². The summed E-state index contributed by atoms with van der Waals surface area (Å²) in [7, 11) is 0. The molecule has 0 radical (unpaired) electrons. The number of nitrogens with zero attached hydrogens (tertiary/aromatic N) is 2. The van der Waals surface area contributed by atoms with Crippen molar-refractivity contribution in [1.82, 2.24) is 15.1 Å². The molecule has 1 saturated carbocycles. The van der Waals surface area contributed by atoms with Crippen molar-refractivity contribution in [1.29, 1.82) is 0 Å². The van der Waals surface area contributed by atoms with Gasteiger partial charge in [-0.25, -0.2) is 4.68 Å². The van der Waals surface area contributed by atoms with Crippen LogP contribution in [-0.2, 0) is 0 Å². The molecule has 154 valence electrons. The number of benzene rings is 2. The van der Waals surface area contributed by atoms with Gasteiger partial charge >= 0.3 is 0 Å². The molecule has 2 aromatic carbocycles. The van der Waals surface area contributed by atoms with E-state index < -0.39 is 0 Å².